The van der Waals surface area contributed by atoms with Gasteiger partial charge in [0.25, 0.3) is 0 Å². The number of rotatable bonds is 5. The first-order valence-corrected chi connectivity index (χ1v) is 7.95. The van der Waals surface area contributed by atoms with Gasteiger partial charge in [-0.15, -0.1) is 0 Å². The van der Waals surface area contributed by atoms with Crippen LogP contribution in [0.25, 0.3) is 0 Å². The molecule has 1 N–H and O–H groups in total. The summed E-state index contributed by atoms with van der Waals surface area (Å²) >= 11 is 6.47. The highest BCUT2D eigenvalue weighted by Gasteiger charge is 2.24. The van der Waals surface area contributed by atoms with Gasteiger partial charge in [0.2, 0.25) is 0 Å². The molecule has 1 aromatic rings. The first kappa shape index (κ1) is 14.2. The molecule has 4 heteroatoms. The summed E-state index contributed by atoms with van der Waals surface area (Å²) in [5.74, 6) is 0. The summed E-state index contributed by atoms with van der Waals surface area (Å²) in [5, 5.41) is 4.44. The highest BCUT2D eigenvalue weighted by atomic mass is 35.5. The van der Waals surface area contributed by atoms with E-state index in [0.717, 1.165) is 43.7 Å². The number of anilines is 1. The fourth-order valence-electron chi connectivity index (χ4n) is 2.89. The molecule has 0 unspecified atom stereocenters. The maximum atomic E-state index is 6.47. The molecule has 0 aromatic heterocycles. The second-order valence-corrected chi connectivity index (χ2v) is 6.26. The predicted octanol–water partition coefficient (Wildman–Crippen LogP) is 3.21. The standard InChI is InChI=1S/C16H23ClN2O/c1-19(14-7-9-20-10-8-14)16-12(3-2-4-15(16)17)11-18-13-5-6-13/h2-4,13-14,18H,5-11H2,1H3. The van der Waals surface area contributed by atoms with E-state index in [2.05, 4.69) is 23.3 Å². The van der Waals surface area contributed by atoms with Crippen LogP contribution in [0.4, 0.5) is 5.69 Å². The number of nitrogens with one attached hydrogen (secondary N) is 1. The minimum atomic E-state index is 0.531. The predicted molar refractivity (Wildman–Crippen MR) is 83.6 cm³/mol. The lowest BCUT2D eigenvalue weighted by Gasteiger charge is -2.34. The van der Waals surface area contributed by atoms with Crippen LogP contribution in [0.5, 0.6) is 0 Å². The van der Waals surface area contributed by atoms with Gasteiger partial charge in [-0.1, -0.05) is 23.7 Å². The van der Waals surface area contributed by atoms with Crippen molar-refractivity contribution in [3.05, 3.63) is 28.8 Å². The maximum Gasteiger partial charge on any atom is 0.0642 e. The maximum absolute atomic E-state index is 6.47. The fraction of sp³-hybridized carbons (Fsp3) is 0.625. The lowest BCUT2D eigenvalue weighted by atomic mass is 10.0. The van der Waals surface area contributed by atoms with E-state index in [-0.39, 0.29) is 0 Å². The van der Waals surface area contributed by atoms with Gasteiger partial charge in [0.05, 0.1) is 10.7 Å². The Balaban J connectivity index is 1.77. The summed E-state index contributed by atoms with van der Waals surface area (Å²) in [6.07, 6.45) is 4.78. The van der Waals surface area contributed by atoms with Crippen LogP contribution in [-0.2, 0) is 11.3 Å². The normalized spacial score (nSPS) is 20.1. The van der Waals surface area contributed by atoms with Crippen LogP contribution in [0.15, 0.2) is 18.2 Å². The summed E-state index contributed by atoms with van der Waals surface area (Å²) in [7, 11) is 2.16. The van der Waals surface area contributed by atoms with Crippen molar-refractivity contribution in [1.82, 2.24) is 5.32 Å². The van der Waals surface area contributed by atoms with Crippen LogP contribution in [0.3, 0.4) is 0 Å². The first-order valence-electron chi connectivity index (χ1n) is 7.57. The highest BCUT2D eigenvalue weighted by Crippen LogP contribution is 2.33. The third-order valence-corrected chi connectivity index (χ3v) is 4.63. The van der Waals surface area contributed by atoms with E-state index < -0.39 is 0 Å². The molecule has 0 radical (unpaired) electrons. The molecule has 2 fully saturated rings. The van der Waals surface area contributed by atoms with Gasteiger partial charge in [-0.05, 0) is 37.3 Å². The molecule has 0 spiro atoms. The van der Waals surface area contributed by atoms with Crippen molar-refractivity contribution in [3.63, 3.8) is 0 Å². The highest BCUT2D eigenvalue weighted by molar-refractivity contribution is 6.33. The Morgan fingerprint density at radius 2 is 2.00 bits per heavy atom. The quantitative estimate of drug-likeness (QED) is 0.902. The monoisotopic (exact) mass is 294 g/mol. The zero-order valence-corrected chi connectivity index (χ0v) is 12.8. The number of halogens is 1. The fourth-order valence-corrected chi connectivity index (χ4v) is 3.22. The van der Waals surface area contributed by atoms with Gasteiger partial charge >= 0.3 is 0 Å². The van der Waals surface area contributed by atoms with E-state index >= 15 is 0 Å². The van der Waals surface area contributed by atoms with E-state index in [1.807, 2.05) is 12.1 Å². The largest absolute Gasteiger partial charge is 0.381 e. The Labute approximate surface area is 126 Å². The Morgan fingerprint density at radius 1 is 1.25 bits per heavy atom. The summed E-state index contributed by atoms with van der Waals surface area (Å²) in [4.78, 5) is 2.36. The van der Waals surface area contributed by atoms with Crippen molar-refractivity contribution in [2.75, 3.05) is 25.2 Å². The lowest BCUT2D eigenvalue weighted by Crippen LogP contribution is -2.37. The van der Waals surface area contributed by atoms with E-state index in [0.29, 0.717) is 6.04 Å². The number of benzene rings is 1. The minimum Gasteiger partial charge on any atom is -0.381 e. The molecule has 0 amide bonds. The van der Waals surface area contributed by atoms with Gasteiger partial charge in [-0.3, -0.25) is 0 Å². The molecule has 1 aromatic carbocycles. The zero-order valence-electron chi connectivity index (χ0n) is 12.1. The van der Waals surface area contributed by atoms with E-state index in [4.69, 9.17) is 16.3 Å². The zero-order chi connectivity index (χ0) is 13.9. The van der Waals surface area contributed by atoms with Crippen molar-refractivity contribution >= 4 is 17.3 Å². The molecule has 3 rings (SSSR count). The lowest BCUT2D eigenvalue weighted by molar-refractivity contribution is 0.0854. The van der Waals surface area contributed by atoms with Crippen LogP contribution in [0, 0.1) is 0 Å². The van der Waals surface area contributed by atoms with Gasteiger partial charge in [-0.25, -0.2) is 0 Å². The Hall–Kier alpha value is -0.770. The van der Waals surface area contributed by atoms with Crippen LogP contribution < -0.4 is 10.2 Å². The third kappa shape index (κ3) is 3.27. The Morgan fingerprint density at radius 3 is 2.70 bits per heavy atom. The summed E-state index contributed by atoms with van der Waals surface area (Å²) in [6, 6.07) is 7.48. The number of nitrogens with zero attached hydrogens (tertiary/aromatic N) is 1. The molecule has 1 aliphatic carbocycles. The molecule has 1 saturated carbocycles. The van der Waals surface area contributed by atoms with Crippen LogP contribution in [-0.4, -0.2) is 32.3 Å². The number of hydrogen-bond acceptors (Lipinski definition) is 3. The first-order chi connectivity index (χ1) is 9.75. The van der Waals surface area contributed by atoms with Gasteiger partial charge in [0.1, 0.15) is 0 Å². The van der Waals surface area contributed by atoms with Crippen molar-refractivity contribution in [2.24, 2.45) is 0 Å². The van der Waals surface area contributed by atoms with E-state index in [9.17, 15) is 0 Å². The van der Waals surface area contributed by atoms with Crippen molar-refractivity contribution in [3.8, 4) is 0 Å². The smallest absolute Gasteiger partial charge is 0.0642 e. The van der Waals surface area contributed by atoms with E-state index in [1.165, 1.54) is 24.1 Å². The summed E-state index contributed by atoms with van der Waals surface area (Å²) in [6.45, 7) is 2.62. The molecule has 1 saturated heterocycles. The molecule has 3 nitrogen and oxygen atoms in total. The molecule has 1 aliphatic heterocycles. The van der Waals surface area contributed by atoms with Gasteiger partial charge in [-0.2, -0.15) is 0 Å². The summed E-state index contributed by atoms with van der Waals surface area (Å²) < 4.78 is 5.46. The molecular weight excluding hydrogens is 272 g/mol. The van der Waals surface area contributed by atoms with Crippen molar-refractivity contribution < 1.29 is 4.74 Å². The number of hydrogen-bond donors (Lipinski definition) is 1. The number of ether oxygens (including phenoxy) is 1. The molecule has 0 atom stereocenters. The van der Waals surface area contributed by atoms with Gasteiger partial charge < -0.3 is 15.0 Å². The third-order valence-electron chi connectivity index (χ3n) is 4.32. The number of para-hydroxylation sites is 1. The van der Waals surface area contributed by atoms with Gasteiger partial charge in [0.15, 0.2) is 0 Å². The molecule has 2 aliphatic rings. The van der Waals surface area contributed by atoms with E-state index in [1.54, 1.807) is 0 Å². The average Bonchev–Trinajstić information content (AvgIpc) is 3.30. The topological polar surface area (TPSA) is 24.5 Å². The second kappa shape index (κ2) is 6.33. The molecule has 20 heavy (non-hydrogen) atoms. The van der Waals surface area contributed by atoms with Crippen molar-refractivity contribution in [1.29, 1.82) is 0 Å². The molecule has 110 valence electrons. The van der Waals surface area contributed by atoms with Gasteiger partial charge in [0, 0.05) is 38.9 Å². The average molecular weight is 295 g/mol. The van der Waals surface area contributed by atoms with Crippen LogP contribution in [0.1, 0.15) is 31.2 Å². The second-order valence-electron chi connectivity index (χ2n) is 5.86. The van der Waals surface area contributed by atoms with Crippen LogP contribution in [0.2, 0.25) is 5.02 Å². The summed E-state index contributed by atoms with van der Waals surface area (Å²) in [5.41, 5.74) is 2.49. The molecular formula is C16H23ClN2O. The minimum absolute atomic E-state index is 0.531. The Bertz CT molecular complexity index is 456. The van der Waals surface area contributed by atoms with Crippen LogP contribution >= 0.6 is 11.6 Å². The van der Waals surface area contributed by atoms with Crippen molar-refractivity contribution in [2.45, 2.75) is 44.3 Å². The SMILES string of the molecule is CN(c1c(Cl)cccc1CNC1CC1)C1CCOCC1. The Kier molecular flexibility index (Phi) is 4.49. The molecule has 0 bridgehead atoms. The molecule has 1 heterocycles.